The molecule has 0 aliphatic heterocycles. The lowest BCUT2D eigenvalue weighted by atomic mass is 9.71. The molecule has 1 aliphatic carbocycles. The topological polar surface area (TPSA) is 55.1 Å². The highest BCUT2D eigenvalue weighted by Gasteiger charge is 2.32. The molecule has 124 valence electrons. The van der Waals surface area contributed by atoms with Gasteiger partial charge in [-0.2, -0.15) is 0 Å². The first-order valence-corrected chi connectivity index (χ1v) is 8.25. The van der Waals surface area contributed by atoms with Gasteiger partial charge in [-0.25, -0.2) is 0 Å². The highest BCUT2D eigenvalue weighted by atomic mass is 35.5. The van der Waals surface area contributed by atoms with Gasteiger partial charge in [-0.05, 0) is 43.2 Å². The lowest BCUT2D eigenvalue weighted by Crippen LogP contribution is -2.38. The van der Waals surface area contributed by atoms with Crippen LogP contribution in [0, 0.1) is 5.41 Å². The van der Waals surface area contributed by atoms with Crippen molar-refractivity contribution in [3.05, 3.63) is 35.9 Å². The van der Waals surface area contributed by atoms with Crippen LogP contribution in [0.15, 0.2) is 30.3 Å². The maximum atomic E-state index is 12.1. The summed E-state index contributed by atoms with van der Waals surface area (Å²) >= 11 is 0. The van der Waals surface area contributed by atoms with Crippen LogP contribution in [-0.2, 0) is 11.2 Å². The minimum atomic E-state index is 0. The average molecular weight is 325 g/mol. The molecule has 0 heterocycles. The van der Waals surface area contributed by atoms with Gasteiger partial charge in [-0.15, -0.1) is 12.4 Å². The largest absolute Gasteiger partial charge is 0.356 e. The predicted octanol–water partition coefficient (Wildman–Crippen LogP) is 3.46. The fraction of sp³-hybridized carbons (Fsp3) is 0.611. The summed E-state index contributed by atoms with van der Waals surface area (Å²) in [5.74, 6) is 0.176. The van der Waals surface area contributed by atoms with E-state index in [0.717, 1.165) is 32.2 Å². The molecule has 4 heteroatoms. The van der Waals surface area contributed by atoms with E-state index in [2.05, 4.69) is 29.6 Å². The second kappa shape index (κ2) is 9.86. The van der Waals surface area contributed by atoms with E-state index in [-0.39, 0.29) is 23.7 Å². The van der Waals surface area contributed by atoms with Gasteiger partial charge in [0.15, 0.2) is 0 Å². The van der Waals surface area contributed by atoms with Crippen molar-refractivity contribution in [3.63, 3.8) is 0 Å². The first-order valence-electron chi connectivity index (χ1n) is 8.25. The lowest BCUT2D eigenvalue weighted by molar-refractivity contribution is -0.123. The van der Waals surface area contributed by atoms with E-state index in [4.69, 9.17) is 5.73 Å². The van der Waals surface area contributed by atoms with Crippen LogP contribution in [0.5, 0.6) is 0 Å². The van der Waals surface area contributed by atoms with Gasteiger partial charge in [-0.3, -0.25) is 4.79 Å². The molecule has 0 saturated heterocycles. The second-order valence-electron chi connectivity index (χ2n) is 6.38. The van der Waals surface area contributed by atoms with Crippen LogP contribution in [0.4, 0.5) is 0 Å². The van der Waals surface area contributed by atoms with Crippen molar-refractivity contribution in [2.24, 2.45) is 11.1 Å². The molecular formula is C18H29ClN2O. The number of rotatable bonds is 7. The molecule has 1 aromatic rings. The number of aryl methyl sites for hydroxylation is 1. The number of halogens is 1. The highest BCUT2D eigenvalue weighted by Crippen LogP contribution is 2.38. The number of nitrogens with one attached hydrogen (secondary N) is 1. The molecule has 1 aromatic carbocycles. The molecule has 3 nitrogen and oxygen atoms in total. The molecular weight excluding hydrogens is 296 g/mol. The van der Waals surface area contributed by atoms with Crippen LogP contribution in [0.2, 0.25) is 0 Å². The SMILES string of the molecule is Cl.NCC1(CC(=O)NCCCc2ccccc2)CCCCC1. The number of hydrogen-bond acceptors (Lipinski definition) is 2. The Morgan fingerprint density at radius 2 is 1.82 bits per heavy atom. The van der Waals surface area contributed by atoms with Crippen molar-refractivity contribution in [1.82, 2.24) is 5.32 Å². The molecule has 1 fully saturated rings. The summed E-state index contributed by atoms with van der Waals surface area (Å²) in [5.41, 5.74) is 7.34. The summed E-state index contributed by atoms with van der Waals surface area (Å²) in [7, 11) is 0. The number of hydrogen-bond donors (Lipinski definition) is 2. The molecule has 0 unspecified atom stereocenters. The van der Waals surface area contributed by atoms with E-state index in [1.54, 1.807) is 0 Å². The molecule has 1 aliphatic rings. The van der Waals surface area contributed by atoms with E-state index in [9.17, 15) is 4.79 Å². The van der Waals surface area contributed by atoms with Crippen molar-refractivity contribution in [3.8, 4) is 0 Å². The Morgan fingerprint density at radius 3 is 2.45 bits per heavy atom. The van der Waals surface area contributed by atoms with Gasteiger partial charge >= 0.3 is 0 Å². The zero-order valence-electron chi connectivity index (χ0n) is 13.4. The Labute approximate surface area is 140 Å². The first-order chi connectivity index (χ1) is 10.2. The van der Waals surface area contributed by atoms with Crippen LogP contribution < -0.4 is 11.1 Å². The quantitative estimate of drug-likeness (QED) is 0.755. The molecule has 2 rings (SSSR count). The smallest absolute Gasteiger partial charge is 0.220 e. The molecule has 22 heavy (non-hydrogen) atoms. The van der Waals surface area contributed by atoms with Crippen molar-refractivity contribution in [1.29, 1.82) is 0 Å². The Hall–Kier alpha value is -1.06. The normalized spacial score (nSPS) is 16.6. The van der Waals surface area contributed by atoms with Gasteiger partial charge in [0.2, 0.25) is 5.91 Å². The Bertz CT molecular complexity index is 430. The minimum absolute atomic E-state index is 0. The zero-order chi connectivity index (χ0) is 15.0. The molecule has 0 aromatic heterocycles. The molecule has 0 spiro atoms. The van der Waals surface area contributed by atoms with Crippen molar-refractivity contribution < 1.29 is 4.79 Å². The van der Waals surface area contributed by atoms with E-state index in [1.165, 1.54) is 24.8 Å². The fourth-order valence-corrected chi connectivity index (χ4v) is 3.32. The fourth-order valence-electron chi connectivity index (χ4n) is 3.32. The summed E-state index contributed by atoms with van der Waals surface area (Å²) in [6, 6.07) is 10.4. The van der Waals surface area contributed by atoms with Crippen LogP contribution >= 0.6 is 12.4 Å². The number of carbonyl (C=O) groups excluding carboxylic acids is 1. The molecule has 3 N–H and O–H groups in total. The monoisotopic (exact) mass is 324 g/mol. The molecule has 1 amide bonds. The van der Waals surface area contributed by atoms with E-state index in [1.807, 2.05) is 6.07 Å². The van der Waals surface area contributed by atoms with E-state index in [0.29, 0.717) is 13.0 Å². The predicted molar refractivity (Wildman–Crippen MR) is 94.2 cm³/mol. The van der Waals surface area contributed by atoms with Gasteiger partial charge in [0.25, 0.3) is 0 Å². The number of amides is 1. The third-order valence-corrected chi connectivity index (χ3v) is 4.69. The zero-order valence-corrected chi connectivity index (χ0v) is 14.2. The summed E-state index contributed by atoms with van der Waals surface area (Å²) in [6.45, 7) is 1.40. The molecule has 0 radical (unpaired) electrons. The summed E-state index contributed by atoms with van der Waals surface area (Å²) in [4.78, 5) is 12.1. The summed E-state index contributed by atoms with van der Waals surface area (Å²) in [6.07, 6.45) is 8.57. The van der Waals surface area contributed by atoms with Gasteiger partial charge < -0.3 is 11.1 Å². The third kappa shape index (κ3) is 5.98. The van der Waals surface area contributed by atoms with Crippen LogP contribution in [0.1, 0.15) is 50.5 Å². The van der Waals surface area contributed by atoms with Crippen LogP contribution in [-0.4, -0.2) is 19.0 Å². The highest BCUT2D eigenvalue weighted by molar-refractivity contribution is 5.85. The molecule has 1 saturated carbocycles. The number of nitrogens with two attached hydrogens (primary N) is 1. The molecule has 0 atom stereocenters. The maximum Gasteiger partial charge on any atom is 0.220 e. The first kappa shape index (κ1) is 19.0. The average Bonchev–Trinajstić information content (AvgIpc) is 2.53. The maximum absolute atomic E-state index is 12.1. The summed E-state index contributed by atoms with van der Waals surface area (Å²) < 4.78 is 0. The minimum Gasteiger partial charge on any atom is -0.356 e. The molecule has 0 bridgehead atoms. The van der Waals surface area contributed by atoms with Gasteiger partial charge in [0.05, 0.1) is 0 Å². The van der Waals surface area contributed by atoms with Crippen molar-refractivity contribution >= 4 is 18.3 Å². The van der Waals surface area contributed by atoms with E-state index >= 15 is 0 Å². The Balaban J connectivity index is 0.00000242. The Kier molecular flexibility index (Phi) is 8.51. The number of carbonyl (C=O) groups is 1. The second-order valence-corrected chi connectivity index (χ2v) is 6.38. The van der Waals surface area contributed by atoms with Crippen LogP contribution in [0.3, 0.4) is 0 Å². The van der Waals surface area contributed by atoms with Crippen LogP contribution in [0.25, 0.3) is 0 Å². The van der Waals surface area contributed by atoms with Crippen molar-refractivity contribution in [2.45, 2.75) is 51.4 Å². The van der Waals surface area contributed by atoms with Gasteiger partial charge in [0, 0.05) is 13.0 Å². The van der Waals surface area contributed by atoms with Crippen molar-refractivity contribution in [2.75, 3.05) is 13.1 Å². The van der Waals surface area contributed by atoms with Gasteiger partial charge in [-0.1, -0.05) is 49.6 Å². The number of benzene rings is 1. The Morgan fingerprint density at radius 1 is 1.14 bits per heavy atom. The van der Waals surface area contributed by atoms with Gasteiger partial charge in [0.1, 0.15) is 0 Å². The third-order valence-electron chi connectivity index (χ3n) is 4.69. The standard InChI is InChI=1S/C18H28N2O.ClH/c19-15-18(11-5-2-6-12-18)14-17(21)20-13-7-10-16-8-3-1-4-9-16;/h1,3-4,8-9H,2,5-7,10-15,19H2,(H,20,21);1H. The lowest BCUT2D eigenvalue weighted by Gasteiger charge is -2.35. The van der Waals surface area contributed by atoms with E-state index < -0.39 is 0 Å². The summed E-state index contributed by atoms with van der Waals surface area (Å²) in [5, 5.41) is 3.06.